The van der Waals surface area contributed by atoms with E-state index in [2.05, 4.69) is 4.98 Å². The normalized spacial score (nSPS) is 22.6. The van der Waals surface area contributed by atoms with Crippen molar-refractivity contribution in [3.05, 3.63) is 35.8 Å². The van der Waals surface area contributed by atoms with Crippen LogP contribution < -0.4 is 0 Å². The molecule has 4 nitrogen and oxygen atoms in total. The Balaban J connectivity index is 1.86. The number of aryl methyl sites for hydroxylation is 1. The third-order valence-corrected chi connectivity index (χ3v) is 5.39. The maximum absolute atomic E-state index is 11.4. The van der Waals surface area contributed by atoms with E-state index < -0.39 is 9.84 Å². The predicted octanol–water partition coefficient (Wildman–Crippen LogP) is 1.62. The second-order valence-electron chi connectivity index (χ2n) is 5.13. The molecular weight excluding hydrogens is 248 g/mol. The summed E-state index contributed by atoms with van der Waals surface area (Å²) in [5.74, 6) is 0.893. The summed E-state index contributed by atoms with van der Waals surface area (Å²) in [4.78, 5) is 4.59. The Labute approximate surface area is 107 Å². The van der Waals surface area contributed by atoms with Crippen molar-refractivity contribution in [2.45, 2.75) is 19.8 Å². The molecule has 0 amide bonds. The second kappa shape index (κ2) is 4.09. The first-order chi connectivity index (χ1) is 8.53. The number of hydrogen-bond acceptors (Lipinski definition) is 3. The number of hydrogen-bond donors (Lipinski definition) is 0. The summed E-state index contributed by atoms with van der Waals surface area (Å²) in [6.07, 6.45) is 5.52. The molecule has 2 aromatic heterocycles. The van der Waals surface area contributed by atoms with E-state index in [4.69, 9.17) is 0 Å². The first-order valence-corrected chi connectivity index (χ1v) is 7.99. The molecule has 3 rings (SSSR count). The zero-order valence-electron chi connectivity index (χ0n) is 10.3. The second-order valence-corrected chi connectivity index (χ2v) is 7.36. The molecule has 2 aromatic rings. The minimum absolute atomic E-state index is 0.236. The van der Waals surface area contributed by atoms with Crippen LogP contribution in [0.15, 0.2) is 24.5 Å². The van der Waals surface area contributed by atoms with E-state index in [1.54, 1.807) is 0 Å². The topological polar surface area (TPSA) is 51.4 Å². The van der Waals surface area contributed by atoms with Crippen LogP contribution in [0.3, 0.4) is 0 Å². The summed E-state index contributed by atoms with van der Waals surface area (Å²) in [6.45, 7) is 2.03. The van der Waals surface area contributed by atoms with Crippen LogP contribution in [0.1, 0.15) is 17.7 Å². The van der Waals surface area contributed by atoms with E-state index in [-0.39, 0.29) is 5.92 Å². The van der Waals surface area contributed by atoms with Gasteiger partial charge in [-0.15, -0.1) is 0 Å². The van der Waals surface area contributed by atoms with Gasteiger partial charge in [0.2, 0.25) is 0 Å². The molecule has 0 aliphatic carbocycles. The maximum Gasteiger partial charge on any atom is 0.150 e. The number of fused-ring (bicyclic) bond motifs is 1. The lowest BCUT2D eigenvalue weighted by Gasteiger charge is -2.03. The van der Waals surface area contributed by atoms with Gasteiger partial charge in [0.25, 0.3) is 0 Å². The lowest BCUT2D eigenvalue weighted by Crippen LogP contribution is -2.07. The van der Waals surface area contributed by atoms with Crippen LogP contribution in [-0.2, 0) is 16.3 Å². The summed E-state index contributed by atoms with van der Waals surface area (Å²) in [7, 11) is -2.79. The Morgan fingerprint density at radius 1 is 1.50 bits per heavy atom. The van der Waals surface area contributed by atoms with Crippen LogP contribution in [0.2, 0.25) is 0 Å². The smallest absolute Gasteiger partial charge is 0.150 e. The Morgan fingerprint density at radius 2 is 2.33 bits per heavy atom. The lowest BCUT2D eigenvalue weighted by molar-refractivity contribution is 0.578. The number of aromatic nitrogens is 2. The number of nitrogens with zero attached hydrogens (tertiary/aromatic N) is 2. The van der Waals surface area contributed by atoms with Gasteiger partial charge in [-0.1, -0.05) is 6.07 Å². The van der Waals surface area contributed by atoms with Gasteiger partial charge in [0.05, 0.1) is 17.2 Å². The van der Waals surface area contributed by atoms with Gasteiger partial charge in [-0.25, -0.2) is 13.4 Å². The molecule has 0 N–H and O–H groups in total. The highest BCUT2D eigenvalue weighted by molar-refractivity contribution is 7.91. The van der Waals surface area contributed by atoms with Gasteiger partial charge in [-0.3, -0.25) is 0 Å². The van der Waals surface area contributed by atoms with Crippen molar-refractivity contribution >= 4 is 15.5 Å². The van der Waals surface area contributed by atoms with Gasteiger partial charge in [-0.05, 0) is 37.3 Å². The van der Waals surface area contributed by atoms with Crippen molar-refractivity contribution in [2.24, 2.45) is 5.92 Å². The van der Waals surface area contributed by atoms with E-state index >= 15 is 0 Å². The van der Waals surface area contributed by atoms with Crippen LogP contribution in [0.4, 0.5) is 0 Å². The van der Waals surface area contributed by atoms with E-state index in [0.29, 0.717) is 11.5 Å². The average molecular weight is 264 g/mol. The van der Waals surface area contributed by atoms with E-state index in [1.807, 2.05) is 35.9 Å². The molecule has 96 valence electrons. The Morgan fingerprint density at radius 3 is 3.00 bits per heavy atom. The van der Waals surface area contributed by atoms with Crippen LogP contribution in [0.25, 0.3) is 5.65 Å². The molecule has 0 aromatic carbocycles. The molecule has 0 saturated carbocycles. The summed E-state index contributed by atoms with van der Waals surface area (Å²) in [5.41, 5.74) is 3.10. The first kappa shape index (κ1) is 11.7. The summed E-state index contributed by atoms with van der Waals surface area (Å²) in [5, 5.41) is 0. The van der Waals surface area contributed by atoms with Crippen LogP contribution in [0, 0.1) is 12.8 Å². The van der Waals surface area contributed by atoms with Crippen molar-refractivity contribution in [1.82, 2.24) is 9.38 Å². The zero-order valence-corrected chi connectivity index (χ0v) is 11.2. The standard InChI is InChI=1S/C13H16N2O2S/c1-10-3-2-5-15-8-12(14-13(10)15)7-11-4-6-18(16,17)9-11/h2-3,5,8,11H,4,6-7,9H2,1H3. The predicted molar refractivity (Wildman–Crippen MR) is 70.4 cm³/mol. The van der Waals surface area contributed by atoms with Gasteiger partial charge in [-0.2, -0.15) is 0 Å². The van der Waals surface area contributed by atoms with Gasteiger partial charge in [0, 0.05) is 12.4 Å². The van der Waals surface area contributed by atoms with E-state index in [0.717, 1.165) is 29.7 Å². The molecule has 0 bridgehead atoms. The van der Waals surface area contributed by atoms with Crippen molar-refractivity contribution in [2.75, 3.05) is 11.5 Å². The fourth-order valence-corrected chi connectivity index (χ4v) is 4.49. The number of rotatable bonds is 2. The molecule has 1 unspecified atom stereocenters. The Hall–Kier alpha value is -1.36. The summed E-state index contributed by atoms with van der Waals surface area (Å²) < 4.78 is 24.9. The van der Waals surface area contributed by atoms with Crippen LogP contribution >= 0.6 is 0 Å². The largest absolute Gasteiger partial charge is 0.307 e. The SMILES string of the molecule is Cc1cccn2cc(CC3CCS(=O)(=O)C3)nc12. The number of sulfone groups is 1. The quantitative estimate of drug-likeness (QED) is 0.828. The minimum atomic E-state index is -2.79. The lowest BCUT2D eigenvalue weighted by atomic mass is 10.0. The highest BCUT2D eigenvalue weighted by atomic mass is 32.2. The highest BCUT2D eigenvalue weighted by Gasteiger charge is 2.28. The van der Waals surface area contributed by atoms with Crippen molar-refractivity contribution < 1.29 is 8.42 Å². The Bertz CT molecular complexity index is 688. The number of imidazole rings is 1. The molecule has 1 atom stereocenters. The minimum Gasteiger partial charge on any atom is -0.307 e. The molecule has 18 heavy (non-hydrogen) atoms. The molecule has 5 heteroatoms. The number of pyridine rings is 1. The summed E-state index contributed by atoms with van der Waals surface area (Å²) >= 11 is 0. The first-order valence-electron chi connectivity index (χ1n) is 6.17. The molecule has 0 radical (unpaired) electrons. The fourth-order valence-electron chi connectivity index (χ4n) is 2.63. The zero-order chi connectivity index (χ0) is 12.8. The van der Waals surface area contributed by atoms with Crippen molar-refractivity contribution in [1.29, 1.82) is 0 Å². The average Bonchev–Trinajstić information content (AvgIpc) is 2.83. The molecule has 1 aliphatic heterocycles. The maximum atomic E-state index is 11.4. The molecule has 3 heterocycles. The van der Waals surface area contributed by atoms with E-state index in [1.165, 1.54) is 0 Å². The Kier molecular flexibility index (Phi) is 2.66. The third-order valence-electron chi connectivity index (χ3n) is 3.55. The van der Waals surface area contributed by atoms with Gasteiger partial charge < -0.3 is 4.40 Å². The summed E-state index contributed by atoms with van der Waals surface area (Å²) in [6, 6.07) is 4.03. The van der Waals surface area contributed by atoms with Gasteiger partial charge in [0.15, 0.2) is 9.84 Å². The molecule has 1 saturated heterocycles. The van der Waals surface area contributed by atoms with Crippen LogP contribution in [0.5, 0.6) is 0 Å². The van der Waals surface area contributed by atoms with Crippen LogP contribution in [-0.4, -0.2) is 29.3 Å². The van der Waals surface area contributed by atoms with Gasteiger partial charge in [0.1, 0.15) is 5.65 Å². The van der Waals surface area contributed by atoms with Crippen molar-refractivity contribution in [3.8, 4) is 0 Å². The molecule has 1 fully saturated rings. The monoisotopic (exact) mass is 264 g/mol. The van der Waals surface area contributed by atoms with Crippen molar-refractivity contribution in [3.63, 3.8) is 0 Å². The third kappa shape index (κ3) is 2.14. The molecule has 1 aliphatic rings. The highest BCUT2D eigenvalue weighted by Crippen LogP contribution is 2.22. The van der Waals surface area contributed by atoms with Gasteiger partial charge >= 0.3 is 0 Å². The van der Waals surface area contributed by atoms with E-state index in [9.17, 15) is 8.42 Å². The molecular formula is C13H16N2O2S. The fraction of sp³-hybridized carbons (Fsp3) is 0.462. The molecule has 0 spiro atoms.